The molecule has 0 aliphatic carbocycles. The second-order valence-corrected chi connectivity index (χ2v) is 4.54. The van der Waals surface area contributed by atoms with Gasteiger partial charge >= 0.3 is 0 Å². The molecule has 0 fully saturated rings. The van der Waals surface area contributed by atoms with Crippen molar-refractivity contribution in [2.45, 2.75) is 19.8 Å². The molecule has 0 saturated heterocycles. The van der Waals surface area contributed by atoms with Crippen LogP contribution in [0.3, 0.4) is 0 Å². The number of hydrogen-bond donors (Lipinski definition) is 0. The van der Waals surface area contributed by atoms with Crippen LogP contribution in [-0.4, -0.2) is 0 Å². The summed E-state index contributed by atoms with van der Waals surface area (Å²) in [6, 6.07) is 7.72. The number of rotatable bonds is 1. The van der Waals surface area contributed by atoms with E-state index in [9.17, 15) is 4.39 Å². The van der Waals surface area contributed by atoms with Gasteiger partial charge in [0.2, 0.25) is 0 Å². The molecule has 0 aliphatic rings. The summed E-state index contributed by atoms with van der Waals surface area (Å²) < 4.78 is 13.9. The second-order valence-electron chi connectivity index (χ2n) is 3.50. The summed E-state index contributed by atoms with van der Waals surface area (Å²) in [4.78, 5) is 0. The maximum atomic E-state index is 12.9. The molecule has 1 heterocycles. The minimum atomic E-state index is -0.101. The van der Waals surface area contributed by atoms with Gasteiger partial charge in [-0.25, -0.2) is 0 Å². The first-order chi connectivity index (χ1) is 6.16. The summed E-state index contributed by atoms with van der Waals surface area (Å²) in [5, 5.41) is 0.905. The molecule has 13 heavy (non-hydrogen) atoms. The Morgan fingerprint density at radius 3 is 2.69 bits per heavy atom. The Kier molecular flexibility index (Phi) is 2.08. The summed E-state index contributed by atoms with van der Waals surface area (Å²) in [7, 11) is 0. The third-order valence-electron chi connectivity index (χ3n) is 2.18. The van der Waals surface area contributed by atoms with Crippen LogP contribution in [0.5, 0.6) is 0 Å². The summed E-state index contributed by atoms with van der Waals surface area (Å²) >= 11 is 1.22. The van der Waals surface area contributed by atoms with Crippen molar-refractivity contribution < 1.29 is 4.39 Å². The lowest BCUT2D eigenvalue weighted by Crippen LogP contribution is -1.84. The van der Waals surface area contributed by atoms with Gasteiger partial charge in [0, 0.05) is 4.70 Å². The molecule has 68 valence electrons. The molecule has 0 amide bonds. The van der Waals surface area contributed by atoms with E-state index in [-0.39, 0.29) is 5.13 Å². The van der Waals surface area contributed by atoms with E-state index in [1.807, 2.05) is 6.07 Å². The lowest BCUT2D eigenvalue weighted by Gasteiger charge is -2.03. The number of thiophene rings is 1. The van der Waals surface area contributed by atoms with Crippen molar-refractivity contribution in [3.05, 3.63) is 35.0 Å². The van der Waals surface area contributed by atoms with Crippen molar-refractivity contribution in [1.29, 1.82) is 0 Å². The second kappa shape index (κ2) is 3.11. The Morgan fingerprint density at radius 1 is 1.23 bits per heavy atom. The Morgan fingerprint density at radius 2 is 2.00 bits per heavy atom. The predicted octanol–water partition coefficient (Wildman–Crippen LogP) is 4.16. The quantitative estimate of drug-likeness (QED) is 0.639. The number of halogens is 1. The molecule has 0 bridgehead atoms. The highest BCUT2D eigenvalue weighted by Crippen LogP contribution is 2.27. The Labute approximate surface area is 81.0 Å². The zero-order valence-corrected chi connectivity index (χ0v) is 8.49. The lowest BCUT2D eigenvalue weighted by atomic mass is 10.0. The topological polar surface area (TPSA) is 0 Å². The molecule has 0 N–H and O–H groups in total. The molecule has 0 saturated carbocycles. The fraction of sp³-hybridized carbons (Fsp3) is 0.273. The maximum Gasteiger partial charge on any atom is 0.177 e. The first-order valence-corrected chi connectivity index (χ1v) is 5.17. The van der Waals surface area contributed by atoms with Gasteiger partial charge < -0.3 is 0 Å². The molecule has 2 rings (SSSR count). The molecule has 0 aliphatic heterocycles. The number of hydrogen-bond acceptors (Lipinski definition) is 1. The van der Waals surface area contributed by atoms with Gasteiger partial charge in [-0.05, 0) is 29.0 Å². The van der Waals surface area contributed by atoms with Gasteiger partial charge in [0.25, 0.3) is 0 Å². The van der Waals surface area contributed by atoms with Crippen molar-refractivity contribution in [2.24, 2.45) is 0 Å². The van der Waals surface area contributed by atoms with Crippen molar-refractivity contribution >= 4 is 21.4 Å². The average molecular weight is 194 g/mol. The molecule has 1 aromatic heterocycles. The fourth-order valence-electron chi connectivity index (χ4n) is 1.37. The highest BCUT2D eigenvalue weighted by molar-refractivity contribution is 7.17. The zero-order valence-electron chi connectivity index (χ0n) is 7.67. The summed E-state index contributed by atoms with van der Waals surface area (Å²) in [5.41, 5.74) is 1.27. The van der Waals surface area contributed by atoms with Gasteiger partial charge in [-0.3, -0.25) is 0 Å². The zero-order chi connectivity index (χ0) is 9.42. The van der Waals surface area contributed by atoms with Gasteiger partial charge in [-0.2, -0.15) is 4.39 Å². The van der Waals surface area contributed by atoms with Crippen LogP contribution in [0, 0.1) is 5.13 Å². The minimum absolute atomic E-state index is 0.101. The van der Waals surface area contributed by atoms with Crippen molar-refractivity contribution in [1.82, 2.24) is 0 Å². The number of benzene rings is 1. The van der Waals surface area contributed by atoms with Gasteiger partial charge in [0.05, 0.1) is 0 Å². The van der Waals surface area contributed by atoms with Crippen LogP contribution in [0.2, 0.25) is 0 Å². The van der Waals surface area contributed by atoms with E-state index in [0.29, 0.717) is 5.92 Å². The van der Waals surface area contributed by atoms with Crippen LogP contribution in [-0.2, 0) is 0 Å². The standard InChI is InChI=1S/C11H11FS/c1-7(2)8-3-4-9-6-11(12)13-10(9)5-8/h3-7H,1-2H3. The molecule has 0 spiro atoms. The molecular weight excluding hydrogens is 183 g/mol. The van der Waals surface area contributed by atoms with Crippen molar-refractivity contribution in [2.75, 3.05) is 0 Å². The lowest BCUT2D eigenvalue weighted by molar-refractivity contribution is 0.658. The average Bonchev–Trinajstić information content (AvgIpc) is 2.42. The van der Waals surface area contributed by atoms with Crippen molar-refractivity contribution in [3.8, 4) is 0 Å². The van der Waals surface area contributed by atoms with E-state index in [4.69, 9.17) is 0 Å². The summed E-state index contributed by atoms with van der Waals surface area (Å²) in [5.74, 6) is 0.509. The summed E-state index contributed by atoms with van der Waals surface area (Å²) in [6.07, 6.45) is 0. The van der Waals surface area contributed by atoms with Gasteiger partial charge in [-0.15, -0.1) is 11.3 Å². The Bertz CT molecular complexity index is 429. The van der Waals surface area contributed by atoms with Crippen LogP contribution in [0.1, 0.15) is 25.3 Å². The molecule has 1 aromatic carbocycles. The molecule has 2 aromatic rings. The predicted molar refractivity (Wildman–Crippen MR) is 55.9 cm³/mol. The molecule has 0 nitrogen and oxygen atoms in total. The molecule has 0 radical (unpaired) electrons. The monoisotopic (exact) mass is 194 g/mol. The summed E-state index contributed by atoms with van der Waals surface area (Å²) in [6.45, 7) is 4.29. The third kappa shape index (κ3) is 1.59. The smallest absolute Gasteiger partial charge is 0.177 e. The van der Waals surface area contributed by atoms with E-state index in [1.165, 1.54) is 16.9 Å². The van der Waals surface area contributed by atoms with Gasteiger partial charge in [0.1, 0.15) is 0 Å². The van der Waals surface area contributed by atoms with Crippen LogP contribution < -0.4 is 0 Å². The van der Waals surface area contributed by atoms with Gasteiger partial charge in [0.15, 0.2) is 5.13 Å². The van der Waals surface area contributed by atoms with Crippen LogP contribution >= 0.6 is 11.3 Å². The van der Waals surface area contributed by atoms with Crippen LogP contribution in [0.25, 0.3) is 10.1 Å². The minimum Gasteiger partial charge on any atom is -0.195 e. The first kappa shape index (κ1) is 8.70. The maximum absolute atomic E-state index is 12.9. The van der Waals surface area contributed by atoms with Crippen molar-refractivity contribution in [3.63, 3.8) is 0 Å². The van der Waals surface area contributed by atoms with E-state index in [0.717, 1.165) is 10.1 Å². The molecule has 0 atom stereocenters. The van der Waals surface area contributed by atoms with Crippen LogP contribution in [0.15, 0.2) is 24.3 Å². The molecule has 0 unspecified atom stereocenters. The molecule has 2 heteroatoms. The van der Waals surface area contributed by atoms with Gasteiger partial charge in [-0.1, -0.05) is 26.0 Å². The van der Waals surface area contributed by atoms with E-state index < -0.39 is 0 Å². The Hall–Kier alpha value is -0.890. The largest absolute Gasteiger partial charge is 0.195 e. The SMILES string of the molecule is CC(C)c1ccc2cc(F)sc2c1. The van der Waals surface area contributed by atoms with E-state index in [1.54, 1.807) is 6.07 Å². The normalized spacial score (nSPS) is 11.4. The third-order valence-corrected chi connectivity index (χ3v) is 3.07. The first-order valence-electron chi connectivity index (χ1n) is 4.36. The fourth-order valence-corrected chi connectivity index (χ4v) is 2.21. The number of fused-ring (bicyclic) bond motifs is 1. The van der Waals surface area contributed by atoms with E-state index in [2.05, 4.69) is 26.0 Å². The highest BCUT2D eigenvalue weighted by Gasteiger charge is 2.03. The van der Waals surface area contributed by atoms with E-state index >= 15 is 0 Å². The highest BCUT2D eigenvalue weighted by atomic mass is 32.1. The Balaban J connectivity index is 2.61. The molecular formula is C11H11FS. The van der Waals surface area contributed by atoms with Crippen LogP contribution in [0.4, 0.5) is 4.39 Å².